The van der Waals surface area contributed by atoms with Crippen molar-refractivity contribution in [1.82, 2.24) is 0 Å². The van der Waals surface area contributed by atoms with Crippen molar-refractivity contribution < 1.29 is 19.4 Å². The standard InChI is InChI=1S/C19H28O4/c1-11-6-7-14(20)13-10-17-9-12-5-4-8-18(11,12)19(13,17)23-16(2,3)22-15(17)21/h11-14,20H,4-10H2,1-3H3/t11-,12+,13+,14-,17-,18-,19?/m1/s1. The second-order valence-electron chi connectivity index (χ2n) is 9.40. The maximum Gasteiger partial charge on any atom is 0.317 e. The van der Waals surface area contributed by atoms with Crippen molar-refractivity contribution in [2.24, 2.45) is 28.6 Å². The topological polar surface area (TPSA) is 55.8 Å². The SMILES string of the molecule is C[C@@H]1CC[C@@H](O)[C@@H]2C[C@@]34C[C@@H]5CCC[C@]51C23OC(C)(C)OC4=O. The molecule has 1 aliphatic heterocycles. The summed E-state index contributed by atoms with van der Waals surface area (Å²) < 4.78 is 12.4. The monoisotopic (exact) mass is 320 g/mol. The fourth-order valence-electron chi connectivity index (χ4n) is 7.83. The summed E-state index contributed by atoms with van der Waals surface area (Å²) in [5.74, 6) is 0.212. The van der Waals surface area contributed by atoms with E-state index < -0.39 is 16.8 Å². The van der Waals surface area contributed by atoms with Crippen LogP contribution >= 0.6 is 0 Å². The molecule has 5 aliphatic rings. The highest BCUT2D eigenvalue weighted by Crippen LogP contribution is 2.83. The van der Waals surface area contributed by atoms with Gasteiger partial charge in [0.1, 0.15) is 5.60 Å². The van der Waals surface area contributed by atoms with Gasteiger partial charge in [0.15, 0.2) is 0 Å². The van der Waals surface area contributed by atoms with Gasteiger partial charge in [-0.25, -0.2) is 0 Å². The third-order valence-corrected chi connectivity index (χ3v) is 8.33. The Hall–Kier alpha value is -0.610. The van der Waals surface area contributed by atoms with E-state index in [2.05, 4.69) is 6.92 Å². The summed E-state index contributed by atoms with van der Waals surface area (Å²) in [6.45, 7) is 6.07. The van der Waals surface area contributed by atoms with Gasteiger partial charge in [-0.05, 0) is 50.4 Å². The summed E-state index contributed by atoms with van der Waals surface area (Å²) in [6.07, 6.45) is 6.80. The minimum Gasteiger partial charge on any atom is -0.433 e. The highest BCUT2D eigenvalue weighted by Gasteiger charge is 2.88. The first-order valence-electron chi connectivity index (χ1n) is 9.41. The molecule has 128 valence electrons. The number of hydrogen-bond donors (Lipinski definition) is 1. The average Bonchev–Trinajstić information content (AvgIpc) is 2.92. The zero-order chi connectivity index (χ0) is 16.3. The van der Waals surface area contributed by atoms with Crippen LogP contribution in [0.4, 0.5) is 0 Å². The second-order valence-corrected chi connectivity index (χ2v) is 9.40. The lowest BCUT2D eigenvalue weighted by Gasteiger charge is -2.69. The lowest BCUT2D eigenvalue weighted by molar-refractivity contribution is -0.401. The molecule has 5 rings (SSSR count). The van der Waals surface area contributed by atoms with E-state index in [1.54, 1.807) is 0 Å². The number of hydrogen-bond acceptors (Lipinski definition) is 4. The molecule has 7 atom stereocenters. The summed E-state index contributed by atoms with van der Waals surface area (Å²) in [4.78, 5) is 13.1. The third-order valence-electron chi connectivity index (χ3n) is 8.33. The van der Waals surface area contributed by atoms with Crippen molar-refractivity contribution in [2.45, 2.75) is 83.2 Å². The number of rotatable bonds is 0. The number of aliphatic hydroxyl groups excluding tert-OH is 1. The van der Waals surface area contributed by atoms with Crippen LogP contribution in [0.2, 0.25) is 0 Å². The molecule has 0 aromatic rings. The van der Waals surface area contributed by atoms with Crippen molar-refractivity contribution >= 4 is 5.97 Å². The molecule has 0 bridgehead atoms. The fourth-order valence-corrected chi connectivity index (χ4v) is 7.83. The van der Waals surface area contributed by atoms with Crippen LogP contribution in [-0.4, -0.2) is 28.6 Å². The lowest BCUT2D eigenvalue weighted by Crippen LogP contribution is -2.79. The molecule has 2 spiro atoms. The molecular weight excluding hydrogens is 292 g/mol. The predicted molar refractivity (Wildman–Crippen MR) is 83.3 cm³/mol. The number of carbonyl (C=O) groups excluding carboxylic acids is 1. The van der Waals surface area contributed by atoms with Gasteiger partial charge in [-0.1, -0.05) is 13.3 Å². The van der Waals surface area contributed by atoms with Gasteiger partial charge in [0.2, 0.25) is 5.79 Å². The van der Waals surface area contributed by atoms with E-state index in [0.717, 1.165) is 32.1 Å². The number of aliphatic hydroxyl groups is 1. The highest BCUT2D eigenvalue weighted by molar-refractivity contribution is 5.83. The van der Waals surface area contributed by atoms with Crippen LogP contribution in [0.1, 0.15) is 65.7 Å². The number of carbonyl (C=O) groups is 1. The normalized spacial score (nSPS) is 59.2. The molecule has 0 amide bonds. The molecule has 1 N–H and O–H groups in total. The lowest BCUT2D eigenvalue weighted by atomic mass is 9.43. The molecule has 5 fully saturated rings. The molecule has 1 heterocycles. The van der Waals surface area contributed by atoms with Gasteiger partial charge >= 0.3 is 5.97 Å². The molecule has 0 radical (unpaired) electrons. The van der Waals surface area contributed by atoms with Gasteiger partial charge in [-0.3, -0.25) is 4.79 Å². The van der Waals surface area contributed by atoms with Gasteiger partial charge in [-0.15, -0.1) is 0 Å². The van der Waals surface area contributed by atoms with Crippen molar-refractivity contribution in [3.8, 4) is 0 Å². The number of ether oxygens (including phenoxy) is 2. The van der Waals surface area contributed by atoms with Gasteiger partial charge < -0.3 is 14.6 Å². The zero-order valence-corrected chi connectivity index (χ0v) is 14.4. The van der Waals surface area contributed by atoms with Crippen molar-refractivity contribution in [1.29, 1.82) is 0 Å². The van der Waals surface area contributed by atoms with Gasteiger partial charge in [-0.2, -0.15) is 0 Å². The zero-order valence-electron chi connectivity index (χ0n) is 14.4. The van der Waals surface area contributed by atoms with Gasteiger partial charge in [0, 0.05) is 25.2 Å². The van der Waals surface area contributed by atoms with E-state index in [-0.39, 0.29) is 23.4 Å². The summed E-state index contributed by atoms with van der Waals surface area (Å²) in [6, 6.07) is 0. The first kappa shape index (κ1) is 14.7. The molecule has 0 aromatic heterocycles. The molecule has 4 aliphatic carbocycles. The van der Waals surface area contributed by atoms with Crippen LogP contribution in [0.5, 0.6) is 0 Å². The summed E-state index contributed by atoms with van der Waals surface area (Å²) in [7, 11) is 0. The van der Waals surface area contributed by atoms with Crippen molar-refractivity contribution in [3.05, 3.63) is 0 Å². The molecule has 4 saturated carbocycles. The Morgan fingerprint density at radius 2 is 1.96 bits per heavy atom. The number of esters is 1. The maximum absolute atomic E-state index is 13.1. The van der Waals surface area contributed by atoms with E-state index >= 15 is 0 Å². The maximum atomic E-state index is 13.1. The predicted octanol–water partition coefficient (Wildman–Crippen LogP) is 3.02. The van der Waals surface area contributed by atoms with Crippen molar-refractivity contribution in [2.75, 3.05) is 0 Å². The Labute approximate surface area is 137 Å². The Kier molecular flexibility index (Phi) is 2.53. The average molecular weight is 320 g/mol. The molecular formula is C19H28O4. The molecule has 1 saturated heterocycles. The highest BCUT2D eigenvalue weighted by atomic mass is 16.7. The minimum atomic E-state index is -0.881. The summed E-state index contributed by atoms with van der Waals surface area (Å²) >= 11 is 0. The van der Waals surface area contributed by atoms with E-state index in [0.29, 0.717) is 11.8 Å². The van der Waals surface area contributed by atoms with Crippen LogP contribution < -0.4 is 0 Å². The van der Waals surface area contributed by atoms with E-state index in [4.69, 9.17) is 9.47 Å². The molecule has 1 unspecified atom stereocenters. The quantitative estimate of drug-likeness (QED) is 0.697. The van der Waals surface area contributed by atoms with E-state index in [9.17, 15) is 9.90 Å². The summed E-state index contributed by atoms with van der Waals surface area (Å²) in [5, 5.41) is 10.8. The molecule has 4 nitrogen and oxygen atoms in total. The minimum absolute atomic E-state index is 0.0555. The van der Waals surface area contributed by atoms with Gasteiger partial charge in [0.25, 0.3) is 0 Å². The van der Waals surface area contributed by atoms with E-state index in [1.165, 1.54) is 12.8 Å². The molecule has 23 heavy (non-hydrogen) atoms. The second kappa shape index (κ2) is 3.96. The van der Waals surface area contributed by atoms with Crippen LogP contribution in [0.25, 0.3) is 0 Å². The van der Waals surface area contributed by atoms with Crippen LogP contribution in [0.15, 0.2) is 0 Å². The molecule has 0 aromatic carbocycles. The smallest absolute Gasteiger partial charge is 0.317 e. The van der Waals surface area contributed by atoms with Crippen LogP contribution in [0.3, 0.4) is 0 Å². The third kappa shape index (κ3) is 1.31. The summed E-state index contributed by atoms with van der Waals surface area (Å²) in [5.41, 5.74) is -0.919. The first-order chi connectivity index (χ1) is 10.8. The fraction of sp³-hybridized carbons (Fsp3) is 0.947. The first-order valence-corrected chi connectivity index (χ1v) is 9.41. The van der Waals surface area contributed by atoms with Gasteiger partial charge in [0.05, 0.1) is 11.5 Å². The molecule has 4 heteroatoms. The van der Waals surface area contributed by atoms with Crippen LogP contribution in [-0.2, 0) is 14.3 Å². The van der Waals surface area contributed by atoms with E-state index in [1.807, 2.05) is 13.8 Å². The largest absolute Gasteiger partial charge is 0.433 e. The number of cyclic esters (lactones) is 1. The Morgan fingerprint density at radius 3 is 2.74 bits per heavy atom. The Bertz CT molecular complexity index is 586. The van der Waals surface area contributed by atoms with Crippen molar-refractivity contribution in [3.63, 3.8) is 0 Å². The Balaban J connectivity index is 1.77. The van der Waals surface area contributed by atoms with Crippen LogP contribution in [0, 0.1) is 28.6 Å². The Morgan fingerprint density at radius 1 is 1.17 bits per heavy atom.